The summed E-state index contributed by atoms with van der Waals surface area (Å²) in [6.07, 6.45) is 14.8. The number of aliphatic carboxylic acids is 1. The largest absolute Gasteiger partial charge is 0.508 e. The van der Waals surface area contributed by atoms with E-state index in [4.69, 9.17) is 14.5 Å². The number of carboxylic acids is 1. The summed E-state index contributed by atoms with van der Waals surface area (Å²) in [5.41, 5.74) is 1.18. The highest BCUT2D eigenvalue weighted by Crippen LogP contribution is 2.42. The van der Waals surface area contributed by atoms with E-state index in [2.05, 4.69) is 17.6 Å². The second-order valence-electron chi connectivity index (χ2n) is 16.7. The molecule has 4 heterocycles. The first-order valence-electron chi connectivity index (χ1n) is 22.0. The monoisotopic (exact) mass is 845 g/mol. The summed E-state index contributed by atoms with van der Waals surface area (Å²) in [5, 5.41) is 25.7. The topological polar surface area (TPSA) is 206 Å². The number of carbonyl (C=O) groups is 5. The number of aromatic hydroxyl groups is 1. The van der Waals surface area contributed by atoms with Crippen molar-refractivity contribution in [3.05, 3.63) is 56.9 Å². The van der Waals surface area contributed by atoms with Gasteiger partial charge < -0.3 is 39.8 Å². The number of cyclic esters (lactones) is 1. The molecule has 3 aromatic rings. The average molecular weight is 846 g/mol. The molecule has 2 aromatic heterocycles. The van der Waals surface area contributed by atoms with Gasteiger partial charge in [0.2, 0.25) is 17.4 Å². The number of rotatable bonds is 25. The Bertz CT molecular complexity index is 2130. The Morgan fingerprint density at radius 2 is 1.56 bits per heavy atom. The van der Waals surface area contributed by atoms with E-state index in [1.165, 1.54) is 63.9 Å². The number of benzene rings is 1. The molecule has 4 N–H and O–H groups in total. The molecule has 61 heavy (non-hydrogen) atoms. The van der Waals surface area contributed by atoms with Crippen molar-refractivity contribution in [2.24, 2.45) is 0 Å². The number of hydrogen-bond acceptors (Lipinski definition) is 11. The van der Waals surface area contributed by atoms with Crippen LogP contribution in [0.4, 0.5) is 0 Å². The number of carboxylic acid groups (broad SMARTS) is 1. The Kier molecular flexibility index (Phi) is 16.8. The van der Waals surface area contributed by atoms with Crippen LogP contribution in [0.5, 0.6) is 5.75 Å². The highest BCUT2D eigenvalue weighted by molar-refractivity contribution is 5.91. The van der Waals surface area contributed by atoms with Crippen LogP contribution in [0.15, 0.2) is 29.1 Å². The smallest absolute Gasteiger partial charge is 0.355 e. The number of unbranched alkanes of at least 4 members (excludes halogenated alkanes) is 12. The molecule has 0 radical (unpaired) electrons. The maximum atomic E-state index is 14.1. The zero-order valence-corrected chi connectivity index (χ0v) is 36.2. The van der Waals surface area contributed by atoms with Crippen molar-refractivity contribution in [1.29, 1.82) is 0 Å². The molecular formula is C46H63N5O10. The van der Waals surface area contributed by atoms with E-state index in [1.54, 1.807) is 29.7 Å². The van der Waals surface area contributed by atoms with Crippen molar-refractivity contribution in [3.63, 3.8) is 0 Å². The second kappa shape index (κ2) is 22.0. The van der Waals surface area contributed by atoms with E-state index < -0.39 is 53.5 Å². The summed E-state index contributed by atoms with van der Waals surface area (Å²) in [5.74, 6) is -4.07. The predicted octanol–water partition coefficient (Wildman–Crippen LogP) is 6.34. The van der Waals surface area contributed by atoms with Crippen LogP contribution in [-0.4, -0.2) is 81.1 Å². The van der Waals surface area contributed by atoms with Gasteiger partial charge in [0.25, 0.3) is 5.56 Å². The summed E-state index contributed by atoms with van der Waals surface area (Å²) >= 11 is 0. The minimum atomic E-state index is -1.99. The highest BCUT2D eigenvalue weighted by atomic mass is 16.6. The van der Waals surface area contributed by atoms with Gasteiger partial charge >= 0.3 is 17.9 Å². The van der Waals surface area contributed by atoms with Gasteiger partial charge in [0.15, 0.2) is 0 Å². The number of hydrogen-bond donors (Lipinski definition) is 4. The molecule has 0 spiro atoms. The van der Waals surface area contributed by atoms with E-state index in [-0.39, 0.29) is 55.7 Å². The van der Waals surface area contributed by atoms with E-state index in [0.717, 1.165) is 35.8 Å². The number of fused-ring (bicyclic) bond motifs is 5. The third-order valence-electron chi connectivity index (χ3n) is 11.8. The average Bonchev–Trinajstić information content (AvgIpc) is 3.60. The van der Waals surface area contributed by atoms with E-state index >= 15 is 0 Å². The Morgan fingerprint density at radius 3 is 2.18 bits per heavy atom. The molecule has 1 aromatic carbocycles. The molecule has 2 aliphatic rings. The fourth-order valence-electron chi connectivity index (χ4n) is 8.40. The molecule has 0 unspecified atom stereocenters. The van der Waals surface area contributed by atoms with Crippen LogP contribution in [0, 0.1) is 0 Å². The number of amides is 2. The lowest BCUT2D eigenvalue weighted by molar-refractivity contribution is -0.189. The van der Waals surface area contributed by atoms with Crippen LogP contribution in [0.1, 0.15) is 145 Å². The fourth-order valence-corrected chi connectivity index (χ4v) is 8.40. The summed E-state index contributed by atoms with van der Waals surface area (Å²) in [4.78, 5) is 85.0. The first-order chi connectivity index (χ1) is 29.3. The standard InChI is InChI=1S/C46H63N5O10/c1-5-7-8-9-10-11-12-13-14-15-16-17-18-19-40(54)48-37(44(57)58)22-23-39(53)47-26-41(55)61-46(6-2)35-25-38-42-33(28-51(38)43(56)34(35)29-60-45(46)59)32(27-50(3)4)31-24-30(52)20-21-36(31)49-42/h20-21,24-25,37,52H,5-19,22-23,26-29H2,1-4H3,(H,47,53)(H,48,54)(H,57,58)/t37-,46-/m0/s1. The summed E-state index contributed by atoms with van der Waals surface area (Å²) < 4.78 is 12.8. The van der Waals surface area contributed by atoms with Crippen LogP contribution in [-0.2, 0) is 58.7 Å². The lowest BCUT2D eigenvalue weighted by atomic mass is 9.85. The molecule has 0 aliphatic carbocycles. The molecule has 2 atom stereocenters. The Labute approximate surface area is 357 Å². The molecule has 15 heteroatoms. The fraction of sp³-hybridized carbons (Fsp3) is 0.587. The van der Waals surface area contributed by atoms with Crippen LogP contribution in [0.2, 0.25) is 0 Å². The minimum absolute atomic E-state index is 0.0795. The van der Waals surface area contributed by atoms with Crippen molar-refractivity contribution < 1.29 is 43.7 Å². The van der Waals surface area contributed by atoms with Gasteiger partial charge in [0, 0.05) is 35.9 Å². The number of aromatic nitrogens is 2. The van der Waals surface area contributed by atoms with Crippen LogP contribution in [0.3, 0.4) is 0 Å². The van der Waals surface area contributed by atoms with Gasteiger partial charge in [-0.25, -0.2) is 14.6 Å². The van der Waals surface area contributed by atoms with Gasteiger partial charge in [-0.1, -0.05) is 90.9 Å². The number of pyridine rings is 2. The molecule has 15 nitrogen and oxygen atoms in total. The summed E-state index contributed by atoms with van der Waals surface area (Å²) in [6, 6.07) is 5.25. The zero-order valence-electron chi connectivity index (χ0n) is 36.2. The van der Waals surface area contributed by atoms with Gasteiger partial charge in [0.05, 0.1) is 29.0 Å². The number of phenols is 1. The minimum Gasteiger partial charge on any atom is -0.508 e. The van der Waals surface area contributed by atoms with Crippen molar-refractivity contribution in [1.82, 2.24) is 25.1 Å². The molecule has 5 rings (SSSR count). The van der Waals surface area contributed by atoms with E-state index in [1.807, 2.05) is 19.0 Å². The van der Waals surface area contributed by atoms with E-state index in [9.17, 15) is 39.0 Å². The molecule has 0 bridgehead atoms. The number of nitrogens with zero attached hydrogens (tertiary/aromatic N) is 3. The van der Waals surface area contributed by atoms with Crippen molar-refractivity contribution in [2.45, 2.75) is 154 Å². The Balaban J connectivity index is 1.14. The van der Waals surface area contributed by atoms with Crippen LogP contribution in [0.25, 0.3) is 22.3 Å². The molecule has 0 saturated carbocycles. The Morgan fingerprint density at radius 1 is 0.902 bits per heavy atom. The predicted molar refractivity (Wildman–Crippen MR) is 230 cm³/mol. The van der Waals surface area contributed by atoms with Gasteiger partial charge in [0.1, 0.15) is 24.9 Å². The summed E-state index contributed by atoms with van der Waals surface area (Å²) in [7, 11) is 3.83. The molecule has 2 aliphatic heterocycles. The maximum Gasteiger partial charge on any atom is 0.355 e. The lowest BCUT2D eigenvalue weighted by Crippen LogP contribution is -2.48. The SMILES string of the molecule is CCCCCCCCCCCCCCCC(=O)N[C@@H](CCC(=O)NCC(=O)O[C@]1(CC)C(=O)OCc2c1cc1n(c2=O)Cc2c-1nc1ccc(O)cc1c2CN(C)C)C(=O)O. The Hall–Kier alpha value is -5.31. The molecule has 0 fully saturated rings. The zero-order chi connectivity index (χ0) is 44.1. The number of ether oxygens (including phenoxy) is 2. The van der Waals surface area contributed by atoms with E-state index in [0.29, 0.717) is 29.9 Å². The first kappa shape index (κ1) is 46.8. The molecule has 332 valence electrons. The quantitative estimate of drug-likeness (QED) is 0.0426. The number of nitrogens with one attached hydrogen (secondary N) is 2. The number of carbonyl (C=O) groups excluding carboxylic acids is 4. The number of phenolic OH excluding ortho intramolecular Hbond substituents is 1. The molecule has 2 amide bonds. The van der Waals surface area contributed by atoms with Gasteiger partial charge in [-0.2, -0.15) is 0 Å². The highest BCUT2D eigenvalue weighted by Gasteiger charge is 2.50. The second-order valence-corrected chi connectivity index (χ2v) is 16.7. The summed E-state index contributed by atoms with van der Waals surface area (Å²) in [6.45, 7) is 3.57. The van der Waals surface area contributed by atoms with Gasteiger partial charge in [-0.15, -0.1) is 0 Å². The normalized spacial score (nSPS) is 15.8. The first-order valence-corrected chi connectivity index (χ1v) is 22.0. The van der Waals surface area contributed by atoms with Crippen molar-refractivity contribution in [2.75, 3.05) is 20.6 Å². The maximum absolute atomic E-state index is 14.1. The lowest BCUT2D eigenvalue weighted by Gasteiger charge is -2.35. The third kappa shape index (κ3) is 11.7. The van der Waals surface area contributed by atoms with Crippen LogP contribution < -0.4 is 16.2 Å². The third-order valence-corrected chi connectivity index (χ3v) is 11.8. The number of esters is 2. The molecule has 0 saturated heterocycles. The van der Waals surface area contributed by atoms with Gasteiger partial charge in [-0.05, 0) is 63.2 Å². The van der Waals surface area contributed by atoms with Crippen molar-refractivity contribution in [3.8, 4) is 17.1 Å². The van der Waals surface area contributed by atoms with Gasteiger partial charge in [-0.3, -0.25) is 19.2 Å². The van der Waals surface area contributed by atoms with Crippen LogP contribution >= 0.6 is 0 Å². The molecular weight excluding hydrogens is 783 g/mol. The van der Waals surface area contributed by atoms with Crippen molar-refractivity contribution >= 4 is 40.6 Å².